The van der Waals surface area contributed by atoms with Gasteiger partial charge in [0.1, 0.15) is 11.9 Å². The van der Waals surface area contributed by atoms with Gasteiger partial charge in [0.05, 0.1) is 7.11 Å². The molecule has 2 aromatic carbocycles. The molecule has 0 aromatic heterocycles. The molecule has 1 amide bonds. The van der Waals surface area contributed by atoms with E-state index in [1.54, 1.807) is 7.11 Å². The molecular formula is C21H24ClNO3. The van der Waals surface area contributed by atoms with Gasteiger partial charge in [-0.1, -0.05) is 23.7 Å². The number of hydrogen-bond acceptors (Lipinski definition) is 3. The zero-order valence-electron chi connectivity index (χ0n) is 15.3. The van der Waals surface area contributed by atoms with E-state index < -0.39 is 0 Å². The van der Waals surface area contributed by atoms with E-state index in [9.17, 15) is 4.79 Å². The van der Waals surface area contributed by atoms with E-state index in [1.807, 2.05) is 38.1 Å². The van der Waals surface area contributed by atoms with Crippen molar-refractivity contribution in [3.63, 3.8) is 0 Å². The molecule has 0 radical (unpaired) electrons. The lowest BCUT2D eigenvalue weighted by molar-refractivity contribution is -0.105. The number of rotatable bonds is 8. The average Bonchev–Trinajstić information content (AvgIpc) is 3.47. The van der Waals surface area contributed by atoms with E-state index >= 15 is 0 Å². The third kappa shape index (κ3) is 3.71. The second-order valence-electron chi connectivity index (χ2n) is 6.52. The molecule has 4 nitrogen and oxygen atoms in total. The van der Waals surface area contributed by atoms with Crippen molar-refractivity contribution >= 4 is 23.7 Å². The summed E-state index contributed by atoms with van der Waals surface area (Å²) in [7, 11) is 1.70. The first-order valence-corrected chi connectivity index (χ1v) is 9.27. The number of ether oxygens (including phenoxy) is 2. The van der Waals surface area contributed by atoms with Gasteiger partial charge in [-0.05, 0) is 61.9 Å². The molecule has 2 aromatic rings. The first-order valence-electron chi connectivity index (χ1n) is 8.89. The second-order valence-corrected chi connectivity index (χ2v) is 6.93. The van der Waals surface area contributed by atoms with Crippen molar-refractivity contribution in [1.29, 1.82) is 0 Å². The van der Waals surface area contributed by atoms with Crippen LogP contribution in [0.1, 0.15) is 54.0 Å². The predicted molar refractivity (Wildman–Crippen MR) is 104 cm³/mol. The molecular weight excluding hydrogens is 350 g/mol. The normalized spacial score (nSPS) is 14.8. The van der Waals surface area contributed by atoms with Gasteiger partial charge in [0.2, 0.25) is 6.41 Å². The molecule has 1 fully saturated rings. The number of hydrogen-bond donors (Lipinski definition) is 1. The summed E-state index contributed by atoms with van der Waals surface area (Å²) in [6.45, 7) is 4.42. The molecule has 3 rings (SSSR count). The van der Waals surface area contributed by atoms with Crippen molar-refractivity contribution in [3.05, 3.63) is 57.6 Å². The van der Waals surface area contributed by atoms with Crippen molar-refractivity contribution in [2.24, 2.45) is 0 Å². The smallest absolute Gasteiger partial charge is 0.211 e. The fraction of sp³-hybridized carbons (Fsp3) is 0.381. The fourth-order valence-corrected chi connectivity index (χ4v) is 3.56. The monoisotopic (exact) mass is 373 g/mol. The molecule has 0 spiro atoms. The molecule has 138 valence electrons. The lowest BCUT2D eigenvalue weighted by Crippen LogP contribution is -2.13. The Morgan fingerprint density at radius 1 is 1.31 bits per heavy atom. The number of benzene rings is 2. The van der Waals surface area contributed by atoms with Gasteiger partial charge in [-0.15, -0.1) is 0 Å². The summed E-state index contributed by atoms with van der Waals surface area (Å²) in [5.41, 5.74) is 4.74. The van der Waals surface area contributed by atoms with Gasteiger partial charge in [-0.2, -0.15) is 0 Å². The molecule has 1 saturated carbocycles. The van der Waals surface area contributed by atoms with Gasteiger partial charge in [-0.25, -0.2) is 0 Å². The third-order valence-corrected chi connectivity index (χ3v) is 5.16. The van der Waals surface area contributed by atoms with Crippen LogP contribution in [0.4, 0.5) is 5.69 Å². The summed E-state index contributed by atoms with van der Waals surface area (Å²) in [6, 6.07) is 9.82. The van der Waals surface area contributed by atoms with Crippen LogP contribution >= 0.6 is 11.6 Å². The summed E-state index contributed by atoms with van der Waals surface area (Å²) in [5.74, 6) is 1.38. The van der Waals surface area contributed by atoms with Crippen LogP contribution in [0.15, 0.2) is 30.3 Å². The number of carbonyl (C=O) groups excluding carboxylic acids is 1. The Labute approximate surface area is 159 Å². The third-order valence-electron chi connectivity index (χ3n) is 4.75. The van der Waals surface area contributed by atoms with Crippen LogP contribution in [0.25, 0.3) is 0 Å². The summed E-state index contributed by atoms with van der Waals surface area (Å²) in [5, 5.41) is 3.45. The Morgan fingerprint density at radius 2 is 2.08 bits per heavy atom. The quantitative estimate of drug-likeness (QED) is 0.644. The van der Waals surface area contributed by atoms with E-state index in [-0.39, 0.29) is 6.10 Å². The van der Waals surface area contributed by atoms with E-state index in [4.69, 9.17) is 21.1 Å². The summed E-state index contributed by atoms with van der Waals surface area (Å²) >= 11 is 6.39. The Kier molecular flexibility index (Phi) is 5.84. The van der Waals surface area contributed by atoms with Gasteiger partial charge >= 0.3 is 0 Å². The number of anilines is 1. The number of aryl methyl sites for hydroxylation is 1. The second kappa shape index (κ2) is 8.11. The number of carbonyl (C=O) groups is 1. The standard InChI is InChI=1S/C21H24ClNO3/c1-4-26-21(16-11-17(22)13(2)10-18(16)23-12-24)15-6-5-7-19(25-3)20(15)14-8-9-14/h5-7,10-12,14,21H,4,8-9H2,1-3H3,(H,23,24)/t21-/m1/s1. The molecule has 0 heterocycles. The zero-order chi connectivity index (χ0) is 18.7. The Bertz CT molecular complexity index is 802. The molecule has 1 atom stereocenters. The van der Waals surface area contributed by atoms with Crippen molar-refractivity contribution in [2.45, 2.75) is 38.7 Å². The minimum atomic E-state index is -0.328. The maximum Gasteiger partial charge on any atom is 0.211 e. The minimum absolute atomic E-state index is 0.328. The highest BCUT2D eigenvalue weighted by Crippen LogP contribution is 2.49. The molecule has 0 bridgehead atoms. The summed E-state index contributed by atoms with van der Waals surface area (Å²) < 4.78 is 11.8. The lowest BCUT2D eigenvalue weighted by Gasteiger charge is -2.25. The van der Waals surface area contributed by atoms with Crippen molar-refractivity contribution in [3.8, 4) is 5.75 Å². The van der Waals surface area contributed by atoms with E-state index in [2.05, 4.69) is 11.4 Å². The zero-order valence-corrected chi connectivity index (χ0v) is 16.1. The van der Waals surface area contributed by atoms with Crippen LogP contribution in [0.5, 0.6) is 5.75 Å². The first kappa shape index (κ1) is 18.7. The highest BCUT2D eigenvalue weighted by molar-refractivity contribution is 6.31. The van der Waals surface area contributed by atoms with E-state index in [0.717, 1.165) is 35.3 Å². The maximum atomic E-state index is 11.1. The van der Waals surface area contributed by atoms with Crippen molar-refractivity contribution in [2.75, 3.05) is 19.0 Å². The number of amides is 1. The highest BCUT2D eigenvalue weighted by atomic mass is 35.5. The van der Waals surface area contributed by atoms with E-state index in [1.165, 1.54) is 5.56 Å². The first-order chi connectivity index (χ1) is 12.6. The average molecular weight is 374 g/mol. The molecule has 0 aliphatic heterocycles. The number of halogens is 1. The molecule has 1 N–H and O–H groups in total. The molecule has 5 heteroatoms. The van der Waals surface area contributed by atoms with Gasteiger partial charge in [0, 0.05) is 28.4 Å². The SMILES string of the molecule is CCO[C@@H](c1cc(Cl)c(C)cc1NC=O)c1cccc(OC)c1C1CC1. The Hall–Kier alpha value is -2.04. The molecule has 0 unspecified atom stereocenters. The lowest BCUT2D eigenvalue weighted by atomic mass is 9.92. The molecule has 1 aliphatic rings. The van der Waals surface area contributed by atoms with Crippen molar-refractivity contribution < 1.29 is 14.3 Å². The Balaban J connectivity index is 2.17. The minimum Gasteiger partial charge on any atom is -0.496 e. The molecule has 26 heavy (non-hydrogen) atoms. The number of methoxy groups -OCH3 is 1. The van der Waals surface area contributed by atoms with Gasteiger partial charge < -0.3 is 14.8 Å². The fourth-order valence-electron chi connectivity index (χ4n) is 3.39. The van der Waals surface area contributed by atoms with Crippen LogP contribution in [0, 0.1) is 6.92 Å². The predicted octanol–water partition coefficient (Wildman–Crippen LogP) is 5.23. The van der Waals surface area contributed by atoms with Gasteiger partial charge in [0.15, 0.2) is 0 Å². The van der Waals surface area contributed by atoms with Crippen LogP contribution < -0.4 is 10.1 Å². The summed E-state index contributed by atoms with van der Waals surface area (Å²) in [6.07, 6.45) is 2.66. The van der Waals surface area contributed by atoms with Crippen LogP contribution in [0.3, 0.4) is 0 Å². The number of nitrogens with one attached hydrogen (secondary N) is 1. The van der Waals surface area contributed by atoms with Crippen LogP contribution in [0.2, 0.25) is 5.02 Å². The van der Waals surface area contributed by atoms with Gasteiger partial charge in [0.25, 0.3) is 0 Å². The largest absolute Gasteiger partial charge is 0.496 e. The summed E-state index contributed by atoms with van der Waals surface area (Å²) in [4.78, 5) is 11.1. The van der Waals surface area contributed by atoms with Gasteiger partial charge in [-0.3, -0.25) is 4.79 Å². The molecule has 1 aliphatic carbocycles. The topological polar surface area (TPSA) is 47.6 Å². The van der Waals surface area contributed by atoms with E-state index in [0.29, 0.717) is 29.6 Å². The van der Waals surface area contributed by atoms with Crippen LogP contribution in [-0.4, -0.2) is 20.1 Å². The Morgan fingerprint density at radius 3 is 2.69 bits per heavy atom. The highest BCUT2D eigenvalue weighted by Gasteiger charge is 2.33. The molecule has 0 saturated heterocycles. The maximum absolute atomic E-state index is 11.1. The van der Waals surface area contributed by atoms with Crippen LogP contribution in [-0.2, 0) is 9.53 Å². The van der Waals surface area contributed by atoms with Crippen molar-refractivity contribution in [1.82, 2.24) is 0 Å².